The second-order valence-corrected chi connectivity index (χ2v) is 3.84. The van der Waals surface area contributed by atoms with E-state index in [1.165, 1.54) is 11.1 Å². The normalized spacial score (nSPS) is 15.5. The summed E-state index contributed by atoms with van der Waals surface area (Å²) in [5, 5.41) is 0. The topological polar surface area (TPSA) is 29.5 Å². The number of rotatable bonds is 3. The van der Waals surface area contributed by atoms with Crippen molar-refractivity contribution in [1.29, 1.82) is 0 Å². The highest BCUT2D eigenvalue weighted by Crippen LogP contribution is 2.08. The Morgan fingerprint density at radius 3 is 2.67 bits per heavy atom. The molecular formula is C12H15NO2. The van der Waals surface area contributed by atoms with E-state index >= 15 is 0 Å². The van der Waals surface area contributed by atoms with E-state index in [4.69, 9.17) is 4.74 Å². The number of nitrogens with zero attached hydrogens (tertiary/aromatic N) is 1. The van der Waals surface area contributed by atoms with E-state index in [1.54, 1.807) is 4.90 Å². The zero-order valence-corrected chi connectivity index (χ0v) is 8.90. The fourth-order valence-electron chi connectivity index (χ4n) is 1.65. The summed E-state index contributed by atoms with van der Waals surface area (Å²) in [6.45, 7) is 4.08. The van der Waals surface area contributed by atoms with Crippen LogP contribution < -0.4 is 0 Å². The Kier molecular flexibility index (Phi) is 2.90. The van der Waals surface area contributed by atoms with Crippen LogP contribution in [0.2, 0.25) is 0 Å². The van der Waals surface area contributed by atoms with E-state index in [2.05, 4.69) is 31.2 Å². The van der Waals surface area contributed by atoms with Crippen LogP contribution in [0.25, 0.3) is 0 Å². The predicted molar refractivity (Wildman–Crippen MR) is 57.8 cm³/mol. The third-order valence-electron chi connectivity index (χ3n) is 2.64. The molecule has 1 heterocycles. The molecule has 80 valence electrons. The standard InChI is InChI=1S/C12H15NO2/c1-10-2-4-11(5-3-10)6-7-13-8-9-15-12(13)14/h2-5H,6-9H2,1H3. The lowest BCUT2D eigenvalue weighted by Crippen LogP contribution is -2.26. The molecule has 0 N–H and O–H groups in total. The predicted octanol–water partition coefficient (Wildman–Crippen LogP) is 1.99. The molecule has 0 aromatic heterocycles. The molecule has 1 saturated heterocycles. The Labute approximate surface area is 89.7 Å². The average Bonchev–Trinajstić information content (AvgIpc) is 2.63. The molecule has 1 aromatic carbocycles. The number of aryl methyl sites for hydroxylation is 1. The van der Waals surface area contributed by atoms with Gasteiger partial charge in [-0.25, -0.2) is 4.79 Å². The van der Waals surface area contributed by atoms with Crippen molar-refractivity contribution in [3.05, 3.63) is 35.4 Å². The minimum absolute atomic E-state index is 0.179. The molecule has 1 amide bonds. The van der Waals surface area contributed by atoms with Crippen LogP contribution in [0.4, 0.5) is 4.79 Å². The minimum atomic E-state index is -0.179. The molecule has 15 heavy (non-hydrogen) atoms. The number of hydrogen-bond donors (Lipinski definition) is 0. The average molecular weight is 205 g/mol. The van der Waals surface area contributed by atoms with E-state index < -0.39 is 0 Å². The van der Waals surface area contributed by atoms with Crippen molar-refractivity contribution in [3.63, 3.8) is 0 Å². The Morgan fingerprint density at radius 1 is 1.33 bits per heavy atom. The number of amides is 1. The first kappa shape index (κ1) is 10.0. The molecule has 2 rings (SSSR count). The van der Waals surface area contributed by atoms with E-state index in [0.717, 1.165) is 19.5 Å². The van der Waals surface area contributed by atoms with Gasteiger partial charge in [0.25, 0.3) is 0 Å². The lowest BCUT2D eigenvalue weighted by Gasteiger charge is -2.11. The van der Waals surface area contributed by atoms with Crippen LogP contribution in [0.5, 0.6) is 0 Å². The van der Waals surface area contributed by atoms with Gasteiger partial charge >= 0.3 is 6.09 Å². The van der Waals surface area contributed by atoms with Crippen molar-refractivity contribution < 1.29 is 9.53 Å². The van der Waals surface area contributed by atoms with Crippen molar-refractivity contribution in [1.82, 2.24) is 4.90 Å². The van der Waals surface area contributed by atoms with Gasteiger partial charge in [0.2, 0.25) is 0 Å². The van der Waals surface area contributed by atoms with Crippen LogP contribution in [0.15, 0.2) is 24.3 Å². The molecule has 1 fully saturated rings. The Morgan fingerprint density at radius 2 is 2.07 bits per heavy atom. The highest BCUT2D eigenvalue weighted by atomic mass is 16.6. The van der Waals surface area contributed by atoms with Gasteiger partial charge in [0.1, 0.15) is 6.61 Å². The molecule has 3 heteroatoms. The van der Waals surface area contributed by atoms with E-state index in [0.29, 0.717) is 6.61 Å². The van der Waals surface area contributed by atoms with Gasteiger partial charge in [-0.15, -0.1) is 0 Å². The highest BCUT2D eigenvalue weighted by Gasteiger charge is 2.20. The molecule has 0 spiro atoms. The fraction of sp³-hybridized carbons (Fsp3) is 0.417. The quantitative estimate of drug-likeness (QED) is 0.755. The van der Waals surface area contributed by atoms with Crippen LogP contribution >= 0.6 is 0 Å². The molecule has 0 aliphatic carbocycles. The number of hydrogen-bond acceptors (Lipinski definition) is 2. The van der Waals surface area contributed by atoms with Crippen molar-refractivity contribution in [2.75, 3.05) is 19.7 Å². The number of carbonyl (C=O) groups is 1. The van der Waals surface area contributed by atoms with Gasteiger partial charge in [-0.2, -0.15) is 0 Å². The summed E-state index contributed by atoms with van der Waals surface area (Å²) in [4.78, 5) is 12.9. The monoisotopic (exact) mass is 205 g/mol. The summed E-state index contributed by atoms with van der Waals surface area (Å²) >= 11 is 0. The van der Waals surface area contributed by atoms with E-state index in [-0.39, 0.29) is 6.09 Å². The van der Waals surface area contributed by atoms with Crippen LogP contribution in [0.3, 0.4) is 0 Å². The van der Waals surface area contributed by atoms with Gasteiger partial charge < -0.3 is 9.64 Å². The summed E-state index contributed by atoms with van der Waals surface area (Å²) in [6.07, 6.45) is 0.720. The molecule has 0 unspecified atom stereocenters. The second kappa shape index (κ2) is 4.34. The number of cyclic esters (lactones) is 1. The van der Waals surface area contributed by atoms with Gasteiger partial charge in [0.05, 0.1) is 6.54 Å². The maximum Gasteiger partial charge on any atom is 0.409 e. The van der Waals surface area contributed by atoms with Gasteiger partial charge in [0, 0.05) is 6.54 Å². The van der Waals surface area contributed by atoms with Crippen molar-refractivity contribution in [2.24, 2.45) is 0 Å². The maximum absolute atomic E-state index is 11.2. The molecule has 1 aliphatic rings. The maximum atomic E-state index is 11.2. The summed E-state index contributed by atoms with van der Waals surface area (Å²) in [5.74, 6) is 0. The van der Waals surface area contributed by atoms with Crippen LogP contribution in [-0.4, -0.2) is 30.7 Å². The number of ether oxygens (including phenoxy) is 1. The van der Waals surface area contributed by atoms with Crippen molar-refractivity contribution in [2.45, 2.75) is 13.3 Å². The Bertz CT molecular complexity index is 345. The zero-order chi connectivity index (χ0) is 10.7. The first-order valence-corrected chi connectivity index (χ1v) is 5.23. The molecule has 0 bridgehead atoms. The lowest BCUT2D eigenvalue weighted by atomic mass is 10.1. The summed E-state index contributed by atoms with van der Waals surface area (Å²) < 4.78 is 4.86. The molecule has 0 radical (unpaired) electrons. The molecule has 1 aliphatic heterocycles. The first-order valence-electron chi connectivity index (χ1n) is 5.23. The highest BCUT2D eigenvalue weighted by molar-refractivity contribution is 5.69. The van der Waals surface area contributed by atoms with Gasteiger partial charge in [-0.1, -0.05) is 29.8 Å². The van der Waals surface area contributed by atoms with E-state index in [9.17, 15) is 4.79 Å². The molecule has 0 atom stereocenters. The molecule has 3 nitrogen and oxygen atoms in total. The van der Waals surface area contributed by atoms with Gasteiger partial charge in [-0.05, 0) is 18.9 Å². The molecule has 1 aromatic rings. The zero-order valence-electron chi connectivity index (χ0n) is 8.90. The number of carbonyl (C=O) groups excluding carboxylic acids is 1. The smallest absolute Gasteiger partial charge is 0.409 e. The summed E-state index contributed by atoms with van der Waals surface area (Å²) in [5.41, 5.74) is 2.53. The largest absolute Gasteiger partial charge is 0.448 e. The number of benzene rings is 1. The van der Waals surface area contributed by atoms with Crippen molar-refractivity contribution in [3.8, 4) is 0 Å². The summed E-state index contributed by atoms with van der Waals surface area (Å²) in [6, 6.07) is 8.41. The lowest BCUT2D eigenvalue weighted by molar-refractivity contribution is 0.159. The third-order valence-corrected chi connectivity index (χ3v) is 2.64. The van der Waals surface area contributed by atoms with Crippen LogP contribution in [-0.2, 0) is 11.2 Å². The van der Waals surface area contributed by atoms with Gasteiger partial charge in [-0.3, -0.25) is 0 Å². The molecule has 0 saturated carbocycles. The van der Waals surface area contributed by atoms with E-state index in [1.807, 2.05) is 0 Å². The fourth-order valence-corrected chi connectivity index (χ4v) is 1.65. The van der Waals surface area contributed by atoms with Crippen LogP contribution in [0.1, 0.15) is 11.1 Å². The first-order chi connectivity index (χ1) is 7.25. The SMILES string of the molecule is Cc1ccc(CCN2CCOC2=O)cc1. The summed E-state index contributed by atoms with van der Waals surface area (Å²) in [7, 11) is 0. The third kappa shape index (κ3) is 2.49. The van der Waals surface area contributed by atoms with Crippen LogP contribution in [0, 0.1) is 6.92 Å². The Balaban J connectivity index is 1.87. The minimum Gasteiger partial charge on any atom is -0.448 e. The molecular weight excluding hydrogens is 190 g/mol. The van der Waals surface area contributed by atoms with Crippen molar-refractivity contribution >= 4 is 6.09 Å². The second-order valence-electron chi connectivity index (χ2n) is 3.84. The Hall–Kier alpha value is -1.51. The van der Waals surface area contributed by atoms with Gasteiger partial charge in [0.15, 0.2) is 0 Å².